The maximum absolute atomic E-state index is 11.8. The molecule has 25 heavy (non-hydrogen) atoms. The highest BCUT2D eigenvalue weighted by atomic mass is 16.5. The van der Waals surface area contributed by atoms with E-state index < -0.39 is 12.1 Å². The van der Waals surface area contributed by atoms with Gasteiger partial charge in [-0.3, -0.25) is 0 Å². The molecule has 0 amide bonds. The number of carbonyl (C=O) groups excluding carboxylic acids is 1. The highest BCUT2D eigenvalue weighted by Crippen LogP contribution is 2.13. The Morgan fingerprint density at radius 1 is 1.28 bits per heavy atom. The van der Waals surface area contributed by atoms with Gasteiger partial charge in [-0.05, 0) is 30.7 Å². The standard InChI is InChI=1S/C19H32N2O4/c1-5-7-9-16(6-2)13-24-14-18(22)15-25-19(23)17(12-20)10-8-11-21(3)4/h8,10-11,16,18,22H,5-7,9,13-15H2,1-4H3. The Bertz CT molecular complexity index is 467. The van der Waals surface area contributed by atoms with E-state index in [0.29, 0.717) is 12.5 Å². The summed E-state index contributed by atoms with van der Waals surface area (Å²) < 4.78 is 10.5. The van der Waals surface area contributed by atoms with Crippen LogP contribution in [0.2, 0.25) is 0 Å². The number of nitriles is 1. The summed E-state index contributed by atoms with van der Waals surface area (Å²) in [5.41, 5.74) is -0.114. The van der Waals surface area contributed by atoms with Crippen LogP contribution < -0.4 is 0 Å². The first-order chi connectivity index (χ1) is 11.9. The van der Waals surface area contributed by atoms with Gasteiger partial charge in [0.25, 0.3) is 0 Å². The fourth-order valence-corrected chi connectivity index (χ4v) is 2.03. The van der Waals surface area contributed by atoms with Gasteiger partial charge in [0.05, 0.1) is 6.61 Å². The van der Waals surface area contributed by atoms with Crippen molar-refractivity contribution < 1.29 is 19.4 Å². The van der Waals surface area contributed by atoms with Gasteiger partial charge in [0.2, 0.25) is 0 Å². The zero-order valence-electron chi connectivity index (χ0n) is 15.9. The highest BCUT2D eigenvalue weighted by Gasteiger charge is 2.14. The van der Waals surface area contributed by atoms with Crippen LogP contribution in [-0.2, 0) is 14.3 Å². The lowest BCUT2D eigenvalue weighted by atomic mass is 10.0. The van der Waals surface area contributed by atoms with Gasteiger partial charge < -0.3 is 19.5 Å². The molecule has 0 aromatic heterocycles. The van der Waals surface area contributed by atoms with Gasteiger partial charge in [-0.1, -0.05) is 33.1 Å². The molecule has 0 spiro atoms. The molecule has 0 saturated heterocycles. The normalized spacial score (nSPS) is 14.2. The molecule has 142 valence electrons. The van der Waals surface area contributed by atoms with E-state index in [-0.39, 0.29) is 18.8 Å². The second-order valence-corrected chi connectivity index (χ2v) is 6.20. The molecule has 0 bridgehead atoms. The van der Waals surface area contributed by atoms with Gasteiger partial charge in [0, 0.05) is 20.7 Å². The van der Waals surface area contributed by atoms with Gasteiger partial charge in [-0.15, -0.1) is 0 Å². The summed E-state index contributed by atoms with van der Waals surface area (Å²) in [6, 6.07) is 1.79. The number of allylic oxidation sites excluding steroid dienone is 2. The van der Waals surface area contributed by atoms with E-state index in [1.54, 1.807) is 23.2 Å². The number of rotatable bonds is 13. The molecule has 6 heteroatoms. The Morgan fingerprint density at radius 2 is 2.00 bits per heavy atom. The van der Waals surface area contributed by atoms with Gasteiger partial charge in [0.1, 0.15) is 24.4 Å². The number of aliphatic hydroxyl groups is 1. The van der Waals surface area contributed by atoms with E-state index in [1.165, 1.54) is 12.5 Å². The number of carbonyl (C=O) groups is 1. The number of unbranched alkanes of at least 4 members (excludes halogenated alkanes) is 1. The minimum Gasteiger partial charge on any atom is -0.459 e. The van der Waals surface area contributed by atoms with Crippen LogP contribution in [0.25, 0.3) is 0 Å². The molecule has 0 aliphatic carbocycles. The maximum atomic E-state index is 11.8. The molecular weight excluding hydrogens is 320 g/mol. The largest absolute Gasteiger partial charge is 0.459 e. The van der Waals surface area contributed by atoms with E-state index in [4.69, 9.17) is 14.7 Å². The lowest BCUT2D eigenvalue weighted by Crippen LogP contribution is -2.25. The predicted molar refractivity (Wildman–Crippen MR) is 97.6 cm³/mol. The monoisotopic (exact) mass is 352 g/mol. The SMILES string of the molecule is CCCCC(CC)COCC(O)COC(=O)C(C#N)=CC=CN(C)C. The fourth-order valence-electron chi connectivity index (χ4n) is 2.03. The molecular formula is C19H32N2O4. The summed E-state index contributed by atoms with van der Waals surface area (Å²) >= 11 is 0. The molecule has 0 fully saturated rings. The summed E-state index contributed by atoms with van der Waals surface area (Å²) in [5.74, 6) is -0.259. The Hall–Kier alpha value is -1.84. The van der Waals surface area contributed by atoms with Crippen LogP contribution in [0.1, 0.15) is 39.5 Å². The molecule has 0 aromatic carbocycles. The molecule has 0 aliphatic rings. The second-order valence-electron chi connectivity index (χ2n) is 6.20. The Labute approximate surface area is 151 Å². The van der Waals surface area contributed by atoms with Crippen LogP contribution in [0.4, 0.5) is 0 Å². The quantitative estimate of drug-likeness (QED) is 0.237. The third-order valence-electron chi connectivity index (χ3n) is 3.60. The zero-order valence-corrected chi connectivity index (χ0v) is 15.9. The van der Waals surface area contributed by atoms with Crippen molar-refractivity contribution in [3.05, 3.63) is 23.9 Å². The predicted octanol–water partition coefficient (Wildman–Crippen LogP) is 2.65. The number of ether oxygens (including phenoxy) is 2. The van der Waals surface area contributed by atoms with Gasteiger partial charge >= 0.3 is 5.97 Å². The van der Waals surface area contributed by atoms with Gasteiger partial charge in [-0.2, -0.15) is 5.26 Å². The summed E-state index contributed by atoms with van der Waals surface area (Å²) in [5, 5.41) is 18.8. The molecule has 0 aromatic rings. The van der Waals surface area contributed by atoms with Crippen molar-refractivity contribution in [2.75, 3.05) is 33.9 Å². The minimum absolute atomic E-state index is 0.113. The lowest BCUT2D eigenvalue weighted by Gasteiger charge is -2.16. The van der Waals surface area contributed by atoms with Crippen LogP contribution in [-0.4, -0.2) is 56.0 Å². The van der Waals surface area contributed by atoms with E-state index in [1.807, 2.05) is 14.1 Å². The van der Waals surface area contributed by atoms with E-state index >= 15 is 0 Å². The zero-order chi connectivity index (χ0) is 19.1. The molecule has 6 nitrogen and oxygen atoms in total. The topological polar surface area (TPSA) is 82.8 Å². The average Bonchev–Trinajstić information content (AvgIpc) is 2.59. The lowest BCUT2D eigenvalue weighted by molar-refractivity contribution is -0.142. The maximum Gasteiger partial charge on any atom is 0.348 e. The number of hydrogen-bond donors (Lipinski definition) is 1. The fraction of sp³-hybridized carbons (Fsp3) is 0.684. The first kappa shape index (κ1) is 23.2. The summed E-state index contributed by atoms with van der Waals surface area (Å²) in [6.45, 7) is 4.80. The van der Waals surface area contributed by atoms with Crippen LogP contribution in [0.15, 0.2) is 23.9 Å². The van der Waals surface area contributed by atoms with Crippen LogP contribution in [0.5, 0.6) is 0 Å². The Kier molecular flexibility index (Phi) is 13.4. The van der Waals surface area contributed by atoms with Gasteiger partial charge in [-0.25, -0.2) is 4.79 Å². The van der Waals surface area contributed by atoms with E-state index in [2.05, 4.69) is 13.8 Å². The average molecular weight is 352 g/mol. The molecule has 0 heterocycles. The van der Waals surface area contributed by atoms with E-state index in [9.17, 15) is 9.90 Å². The molecule has 1 N–H and O–H groups in total. The third kappa shape index (κ3) is 12.2. The first-order valence-electron chi connectivity index (χ1n) is 8.82. The molecule has 0 aliphatic heterocycles. The van der Waals surface area contributed by atoms with Crippen molar-refractivity contribution in [2.24, 2.45) is 5.92 Å². The number of aliphatic hydroxyl groups excluding tert-OH is 1. The molecule has 0 saturated carbocycles. The highest BCUT2D eigenvalue weighted by molar-refractivity contribution is 5.93. The summed E-state index contributed by atoms with van der Waals surface area (Å²) in [4.78, 5) is 13.6. The van der Waals surface area contributed by atoms with Crippen molar-refractivity contribution in [3.8, 4) is 6.07 Å². The van der Waals surface area contributed by atoms with Crippen molar-refractivity contribution >= 4 is 5.97 Å². The van der Waals surface area contributed by atoms with Gasteiger partial charge in [0.15, 0.2) is 0 Å². The third-order valence-corrected chi connectivity index (χ3v) is 3.60. The smallest absolute Gasteiger partial charge is 0.348 e. The van der Waals surface area contributed by atoms with Crippen LogP contribution in [0, 0.1) is 17.2 Å². The van der Waals surface area contributed by atoms with Crippen molar-refractivity contribution in [2.45, 2.75) is 45.6 Å². The van der Waals surface area contributed by atoms with Crippen molar-refractivity contribution in [3.63, 3.8) is 0 Å². The first-order valence-corrected chi connectivity index (χ1v) is 8.82. The second kappa shape index (κ2) is 14.5. The molecule has 0 rings (SSSR count). The number of esters is 1. The summed E-state index contributed by atoms with van der Waals surface area (Å²) in [7, 11) is 3.66. The Morgan fingerprint density at radius 3 is 2.56 bits per heavy atom. The van der Waals surface area contributed by atoms with Crippen LogP contribution >= 0.6 is 0 Å². The van der Waals surface area contributed by atoms with E-state index in [0.717, 1.165) is 19.3 Å². The molecule has 2 atom stereocenters. The number of nitrogens with zero attached hydrogens (tertiary/aromatic N) is 2. The van der Waals surface area contributed by atoms with Crippen molar-refractivity contribution in [1.29, 1.82) is 5.26 Å². The Balaban J connectivity index is 4.16. The molecule has 2 unspecified atom stereocenters. The molecule has 0 radical (unpaired) electrons. The number of hydrogen-bond acceptors (Lipinski definition) is 6. The summed E-state index contributed by atoms with van der Waals surface area (Å²) in [6.07, 6.45) is 8.27. The van der Waals surface area contributed by atoms with Crippen LogP contribution in [0.3, 0.4) is 0 Å². The van der Waals surface area contributed by atoms with Crippen molar-refractivity contribution in [1.82, 2.24) is 4.90 Å². The minimum atomic E-state index is -0.898.